The van der Waals surface area contributed by atoms with E-state index in [4.69, 9.17) is 0 Å². The van der Waals surface area contributed by atoms with Gasteiger partial charge in [-0.3, -0.25) is 0 Å². The molecule has 0 spiro atoms. The summed E-state index contributed by atoms with van der Waals surface area (Å²) < 4.78 is 74.9. The van der Waals surface area contributed by atoms with E-state index in [1.54, 1.807) is 0 Å². The van der Waals surface area contributed by atoms with Gasteiger partial charge in [0.25, 0.3) is 0 Å². The molecule has 0 atom stereocenters. The highest BCUT2D eigenvalue weighted by atomic mass is 127. The number of hydrogen-bond donors (Lipinski definition) is 0. The monoisotopic (exact) mass is 386 g/mol. The highest BCUT2D eigenvalue weighted by Crippen LogP contribution is 2.43. The normalized spacial score (nSPS) is 12.9. The van der Waals surface area contributed by atoms with Gasteiger partial charge in [-0.2, -0.15) is 26.3 Å². The van der Waals surface area contributed by atoms with Gasteiger partial charge in [0, 0.05) is 8.47 Å². The van der Waals surface area contributed by atoms with E-state index < -0.39 is 27.0 Å². The van der Waals surface area contributed by atoms with Crippen LogP contribution in [0.1, 0.15) is 11.1 Å². The Labute approximate surface area is 111 Å². The molecule has 1 aromatic carbocycles. The third-order valence-electron chi connectivity index (χ3n) is 1.89. The summed E-state index contributed by atoms with van der Waals surface area (Å²) >= 11 is 2.23. The average molecular weight is 386 g/mol. The molecule has 0 bridgehead atoms. The van der Waals surface area contributed by atoms with E-state index >= 15 is 0 Å². The molecule has 0 amide bonds. The van der Waals surface area contributed by atoms with Gasteiger partial charge >= 0.3 is 12.4 Å². The summed E-state index contributed by atoms with van der Waals surface area (Å²) in [4.78, 5) is 0.148. The van der Waals surface area contributed by atoms with Crippen molar-refractivity contribution in [2.24, 2.45) is 0 Å². The minimum Gasteiger partial charge on any atom is -0.166 e. The summed E-state index contributed by atoms with van der Waals surface area (Å²) in [7, 11) is 0. The molecule has 0 saturated carbocycles. The molecule has 0 heterocycles. The molecule has 0 aliphatic rings. The molecule has 0 N–H and O–H groups in total. The topological polar surface area (TPSA) is 0 Å². The largest absolute Gasteiger partial charge is 0.418 e. The highest BCUT2D eigenvalue weighted by Gasteiger charge is 2.44. The maximum Gasteiger partial charge on any atom is 0.418 e. The molecular formula is C9H5F6IS. The quantitative estimate of drug-likeness (QED) is 0.370. The second kappa shape index (κ2) is 4.87. The van der Waals surface area contributed by atoms with Gasteiger partial charge in [0.1, 0.15) is 0 Å². The second-order valence-corrected chi connectivity index (χ2v) is 5.07. The van der Waals surface area contributed by atoms with Crippen LogP contribution >= 0.6 is 34.4 Å². The second-order valence-electron chi connectivity index (χ2n) is 3.03. The van der Waals surface area contributed by atoms with E-state index in [1.165, 1.54) is 28.8 Å². The maximum absolute atomic E-state index is 12.6. The Bertz CT molecular complexity index is 423. The van der Waals surface area contributed by atoms with Crippen molar-refractivity contribution in [3.05, 3.63) is 26.8 Å². The standard InChI is InChI=1S/C9H5F6IS/c1-17-4-2-5(8(10,11)12)7(6(16)3-4)9(13,14)15/h2-3H,1H3. The lowest BCUT2D eigenvalue weighted by Gasteiger charge is -2.18. The molecule has 8 heteroatoms. The van der Waals surface area contributed by atoms with Gasteiger partial charge in [-0.1, -0.05) is 0 Å². The number of hydrogen-bond acceptors (Lipinski definition) is 1. The van der Waals surface area contributed by atoms with Crippen molar-refractivity contribution in [2.75, 3.05) is 6.26 Å². The molecular weight excluding hydrogens is 381 g/mol. The zero-order valence-corrected chi connectivity index (χ0v) is 11.2. The third-order valence-corrected chi connectivity index (χ3v) is 3.45. The lowest BCUT2D eigenvalue weighted by atomic mass is 10.1. The molecule has 1 aromatic rings. The summed E-state index contributed by atoms with van der Waals surface area (Å²) in [5.74, 6) is 0. The van der Waals surface area contributed by atoms with E-state index in [9.17, 15) is 26.3 Å². The molecule has 0 saturated heterocycles. The first-order valence-corrected chi connectivity index (χ1v) is 6.39. The Balaban J connectivity index is 3.58. The van der Waals surface area contributed by atoms with Crippen molar-refractivity contribution in [1.29, 1.82) is 0 Å². The lowest BCUT2D eigenvalue weighted by molar-refractivity contribution is -0.162. The van der Waals surface area contributed by atoms with Crippen molar-refractivity contribution in [1.82, 2.24) is 0 Å². The van der Waals surface area contributed by atoms with Crippen LogP contribution in [-0.2, 0) is 12.4 Å². The summed E-state index contributed by atoms with van der Waals surface area (Å²) in [5, 5.41) is 0. The molecule has 17 heavy (non-hydrogen) atoms. The first-order chi connectivity index (χ1) is 7.57. The number of rotatable bonds is 1. The van der Waals surface area contributed by atoms with Gasteiger partial charge in [0.15, 0.2) is 0 Å². The minimum atomic E-state index is -5.02. The molecule has 1 rings (SSSR count). The van der Waals surface area contributed by atoms with Crippen LogP contribution < -0.4 is 0 Å². The van der Waals surface area contributed by atoms with Crippen LogP contribution in [0.2, 0.25) is 0 Å². The summed E-state index contributed by atoms with van der Waals surface area (Å²) in [5.41, 5.74) is -3.26. The molecule has 96 valence electrons. The van der Waals surface area contributed by atoms with Gasteiger partial charge in [-0.15, -0.1) is 11.8 Å². The predicted octanol–water partition coefficient (Wildman–Crippen LogP) is 5.05. The Morgan fingerprint density at radius 3 is 1.88 bits per heavy atom. The van der Waals surface area contributed by atoms with Crippen LogP contribution in [0.5, 0.6) is 0 Å². The number of thioether (sulfide) groups is 1. The highest BCUT2D eigenvalue weighted by molar-refractivity contribution is 14.1. The van der Waals surface area contributed by atoms with Gasteiger partial charge in [-0.25, -0.2) is 0 Å². The van der Waals surface area contributed by atoms with Crippen molar-refractivity contribution < 1.29 is 26.3 Å². The van der Waals surface area contributed by atoms with E-state index in [2.05, 4.69) is 0 Å². The molecule has 0 aliphatic carbocycles. The Hall–Kier alpha value is -0.120. The van der Waals surface area contributed by atoms with E-state index in [-0.39, 0.29) is 4.90 Å². The maximum atomic E-state index is 12.6. The number of benzene rings is 1. The van der Waals surface area contributed by atoms with E-state index in [0.29, 0.717) is 6.07 Å². The molecule has 0 nitrogen and oxygen atoms in total. The van der Waals surface area contributed by atoms with Crippen LogP contribution in [0.15, 0.2) is 17.0 Å². The van der Waals surface area contributed by atoms with E-state index in [1.807, 2.05) is 0 Å². The van der Waals surface area contributed by atoms with Crippen LogP contribution in [0.25, 0.3) is 0 Å². The zero-order valence-electron chi connectivity index (χ0n) is 8.21. The SMILES string of the molecule is CSc1cc(I)c(C(F)(F)F)c(C(F)(F)F)c1. The van der Waals surface area contributed by atoms with Crippen LogP contribution in [0.4, 0.5) is 26.3 Å². The Kier molecular flexibility index (Phi) is 4.28. The minimum absolute atomic E-state index is 0.148. The Morgan fingerprint density at radius 1 is 1.00 bits per heavy atom. The van der Waals surface area contributed by atoms with Gasteiger partial charge in [-0.05, 0) is 41.0 Å². The van der Waals surface area contributed by atoms with Crippen molar-refractivity contribution in [3.8, 4) is 0 Å². The first kappa shape index (κ1) is 14.9. The molecule has 0 fully saturated rings. The van der Waals surface area contributed by atoms with E-state index in [0.717, 1.165) is 17.8 Å². The molecule has 0 unspecified atom stereocenters. The smallest absolute Gasteiger partial charge is 0.166 e. The van der Waals surface area contributed by atoms with Crippen molar-refractivity contribution in [3.63, 3.8) is 0 Å². The first-order valence-electron chi connectivity index (χ1n) is 4.09. The lowest BCUT2D eigenvalue weighted by Crippen LogP contribution is -2.18. The molecule has 0 aliphatic heterocycles. The van der Waals surface area contributed by atoms with Gasteiger partial charge in [0.05, 0.1) is 11.1 Å². The van der Waals surface area contributed by atoms with Gasteiger partial charge in [0.2, 0.25) is 0 Å². The third kappa shape index (κ3) is 3.43. The van der Waals surface area contributed by atoms with Crippen molar-refractivity contribution >= 4 is 34.4 Å². The summed E-state index contributed by atoms with van der Waals surface area (Å²) in [6, 6.07) is 1.61. The zero-order chi connectivity index (χ0) is 13.4. The summed E-state index contributed by atoms with van der Waals surface area (Å²) in [6.07, 6.45) is -8.53. The number of halogens is 7. The summed E-state index contributed by atoms with van der Waals surface area (Å²) in [6.45, 7) is 0. The number of alkyl halides is 6. The van der Waals surface area contributed by atoms with Crippen LogP contribution in [0.3, 0.4) is 0 Å². The predicted molar refractivity (Wildman–Crippen MR) is 60.9 cm³/mol. The molecule has 0 aromatic heterocycles. The van der Waals surface area contributed by atoms with Crippen LogP contribution in [0, 0.1) is 3.57 Å². The fraction of sp³-hybridized carbons (Fsp3) is 0.333. The van der Waals surface area contributed by atoms with Crippen molar-refractivity contribution in [2.45, 2.75) is 17.2 Å². The van der Waals surface area contributed by atoms with Crippen LogP contribution in [-0.4, -0.2) is 6.26 Å². The Morgan fingerprint density at radius 2 is 1.53 bits per heavy atom. The molecule has 0 radical (unpaired) electrons. The van der Waals surface area contributed by atoms with Gasteiger partial charge < -0.3 is 0 Å². The fourth-order valence-corrected chi connectivity index (χ4v) is 2.83. The fourth-order valence-electron chi connectivity index (χ4n) is 1.21. The average Bonchev–Trinajstić information content (AvgIpc) is 2.12.